The number of piperazine rings is 1. The van der Waals surface area contributed by atoms with Crippen molar-refractivity contribution >= 4 is 34.5 Å². The molecule has 3 aromatic rings. The number of imide groups is 1. The number of benzene rings is 1. The molecule has 4 rings (SSSR count). The number of carbonyl (C=O) groups excluding carboxylic acids is 2. The quantitative estimate of drug-likeness (QED) is 0.655. The standard InChI is InChI=1S/C21H26N8O2/c1-14-4-5-16(10-15(14)2)25-21(31)26-18(30)12-28-6-8-29(9-7-28)20-17-11-24-27(3)19(17)22-13-23-20/h4-5,10-11,13H,6-9,12H2,1-3H3,(H2,25,26,30,31). The third-order valence-electron chi connectivity index (χ3n) is 5.57. The van der Waals surface area contributed by atoms with Gasteiger partial charge in [0.05, 0.1) is 18.1 Å². The molecule has 2 aromatic heterocycles. The van der Waals surface area contributed by atoms with Gasteiger partial charge in [0.25, 0.3) is 0 Å². The Labute approximate surface area is 180 Å². The molecule has 1 aromatic carbocycles. The summed E-state index contributed by atoms with van der Waals surface area (Å²) in [6.45, 7) is 6.99. The van der Waals surface area contributed by atoms with Crippen molar-refractivity contribution in [2.45, 2.75) is 13.8 Å². The van der Waals surface area contributed by atoms with Crippen LogP contribution in [0.25, 0.3) is 11.0 Å². The van der Waals surface area contributed by atoms with Crippen LogP contribution in [0.3, 0.4) is 0 Å². The number of aryl methyl sites for hydroxylation is 3. The maximum atomic E-state index is 12.3. The third kappa shape index (κ3) is 4.64. The number of aromatic nitrogens is 4. The molecular formula is C21H26N8O2. The second-order valence-electron chi connectivity index (χ2n) is 7.77. The SMILES string of the molecule is Cc1ccc(NC(=O)NC(=O)CN2CCN(c3ncnc4c3cnn4C)CC2)cc1C. The number of hydrogen-bond acceptors (Lipinski definition) is 7. The molecule has 0 spiro atoms. The van der Waals surface area contributed by atoms with Gasteiger partial charge in [-0.25, -0.2) is 14.8 Å². The molecule has 0 aliphatic carbocycles. The molecule has 10 heteroatoms. The first-order chi connectivity index (χ1) is 14.9. The number of nitrogens with one attached hydrogen (secondary N) is 2. The lowest BCUT2D eigenvalue weighted by Gasteiger charge is -2.35. The van der Waals surface area contributed by atoms with Crippen LogP contribution < -0.4 is 15.5 Å². The molecule has 1 fully saturated rings. The average Bonchev–Trinajstić information content (AvgIpc) is 3.12. The predicted octanol–water partition coefficient (Wildman–Crippen LogP) is 1.45. The van der Waals surface area contributed by atoms with Crippen molar-refractivity contribution in [2.24, 2.45) is 7.05 Å². The van der Waals surface area contributed by atoms with Crippen molar-refractivity contribution in [2.75, 3.05) is 42.9 Å². The van der Waals surface area contributed by atoms with Crippen molar-refractivity contribution in [1.29, 1.82) is 0 Å². The van der Waals surface area contributed by atoms with Gasteiger partial charge in [-0.05, 0) is 37.1 Å². The molecule has 0 atom stereocenters. The molecule has 162 valence electrons. The number of nitrogens with zero attached hydrogens (tertiary/aromatic N) is 6. The summed E-state index contributed by atoms with van der Waals surface area (Å²) in [7, 11) is 1.85. The average molecular weight is 422 g/mol. The topological polar surface area (TPSA) is 108 Å². The summed E-state index contributed by atoms with van der Waals surface area (Å²) in [6.07, 6.45) is 3.33. The monoisotopic (exact) mass is 422 g/mol. The second kappa shape index (κ2) is 8.68. The van der Waals surface area contributed by atoms with E-state index >= 15 is 0 Å². The van der Waals surface area contributed by atoms with Crippen LogP contribution in [-0.4, -0.2) is 69.3 Å². The number of rotatable bonds is 4. The highest BCUT2D eigenvalue weighted by Gasteiger charge is 2.22. The van der Waals surface area contributed by atoms with Gasteiger partial charge in [0, 0.05) is 38.9 Å². The van der Waals surface area contributed by atoms with E-state index in [1.165, 1.54) is 0 Å². The fourth-order valence-electron chi connectivity index (χ4n) is 3.67. The Morgan fingerprint density at radius 1 is 1.06 bits per heavy atom. The van der Waals surface area contributed by atoms with E-state index in [2.05, 4.69) is 30.6 Å². The highest BCUT2D eigenvalue weighted by molar-refractivity contribution is 6.01. The van der Waals surface area contributed by atoms with Gasteiger partial charge in [-0.15, -0.1) is 0 Å². The summed E-state index contributed by atoms with van der Waals surface area (Å²) < 4.78 is 1.73. The Balaban J connectivity index is 1.28. The minimum absolute atomic E-state index is 0.167. The molecule has 0 unspecified atom stereocenters. The third-order valence-corrected chi connectivity index (χ3v) is 5.57. The Morgan fingerprint density at radius 2 is 1.84 bits per heavy atom. The van der Waals surface area contributed by atoms with Crippen LogP contribution in [0, 0.1) is 13.8 Å². The molecule has 0 radical (unpaired) electrons. The first-order valence-corrected chi connectivity index (χ1v) is 10.2. The van der Waals surface area contributed by atoms with Crippen LogP contribution in [-0.2, 0) is 11.8 Å². The van der Waals surface area contributed by atoms with E-state index in [1.54, 1.807) is 17.2 Å². The number of fused-ring (bicyclic) bond motifs is 1. The normalized spacial score (nSPS) is 14.6. The summed E-state index contributed by atoms with van der Waals surface area (Å²) in [5.41, 5.74) is 3.68. The molecule has 0 bridgehead atoms. The summed E-state index contributed by atoms with van der Waals surface area (Å²) in [6, 6.07) is 5.11. The smallest absolute Gasteiger partial charge is 0.325 e. The molecule has 31 heavy (non-hydrogen) atoms. The lowest BCUT2D eigenvalue weighted by Crippen LogP contribution is -2.50. The zero-order valence-electron chi connectivity index (χ0n) is 17.9. The molecule has 0 saturated carbocycles. The highest BCUT2D eigenvalue weighted by Crippen LogP contribution is 2.23. The van der Waals surface area contributed by atoms with E-state index in [1.807, 2.05) is 44.0 Å². The summed E-state index contributed by atoms with van der Waals surface area (Å²) in [5.74, 6) is 0.529. The number of anilines is 2. The zero-order chi connectivity index (χ0) is 22.0. The van der Waals surface area contributed by atoms with E-state index in [4.69, 9.17) is 0 Å². The van der Waals surface area contributed by atoms with Crippen molar-refractivity contribution in [3.8, 4) is 0 Å². The molecule has 1 saturated heterocycles. The van der Waals surface area contributed by atoms with E-state index < -0.39 is 6.03 Å². The largest absolute Gasteiger partial charge is 0.353 e. The second-order valence-corrected chi connectivity index (χ2v) is 7.77. The maximum absolute atomic E-state index is 12.3. The van der Waals surface area contributed by atoms with Crippen LogP contribution in [0.1, 0.15) is 11.1 Å². The van der Waals surface area contributed by atoms with Crippen molar-refractivity contribution in [3.63, 3.8) is 0 Å². The predicted molar refractivity (Wildman–Crippen MR) is 118 cm³/mol. The van der Waals surface area contributed by atoms with E-state index in [0.29, 0.717) is 18.8 Å². The van der Waals surface area contributed by atoms with Gasteiger partial charge in [-0.2, -0.15) is 5.10 Å². The Morgan fingerprint density at radius 3 is 2.58 bits per heavy atom. The van der Waals surface area contributed by atoms with E-state index in [9.17, 15) is 9.59 Å². The first kappa shape index (κ1) is 20.7. The zero-order valence-corrected chi connectivity index (χ0v) is 17.9. The van der Waals surface area contributed by atoms with Gasteiger partial charge in [0.15, 0.2) is 5.65 Å². The summed E-state index contributed by atoms with van der Waals surface area (Å²) >= 11 is 0. The van der Waals surface area contributed by atoms with E-state index in [0.717, 1.165) is 41.1 Å². The summed E-state index contributed by atoms with van der Waals surface area (Å²) in [5, 5.41) is 10.3. The molecule has 10 nitrogen and oxygen atoms in total. The number of carbonyl (C=O) groups is 2. The minimum Gasteiger partial charge on any atom is -0.353 e. The van der Waals surface area contributed by atoms with Gasteiger partial charge in [0.1, 0.15) is 12.1 Å². The number of amides is 3. The number of hydrogen-bond donors (Lipinski definition) is 2. The van der Waals surface area contributed by atoms with Gasteiger partial charge < -0.3 is 10.2 Å². The lowest BCUT2D eigenvalue weighted by atomic mass is 10.1. The lowest BCUT2D eigenvalue weighted by molar-refractivity contribution is -0.121. The molecule has 2 N–H and O–H groups in total. The van der Waals surface area contributed by atoms with Crippen LogP contribution in [0.2, 0.25) is 0 Å². The highest BCUT2D eigenvalue weighted by atomic mass is 16.2. The Bertz CT molecular complexity index is 1120. The minimum atomic E-state index is -0.521. The van der Waals surface area contributed by atoms with Crippen molar-refractivity contribution in [3.05, 3.63) is 41.9 Å². The van der Waals surface area contributed by atoms with Crippen LogP contribution in [0.4, 0.5) is 16.3 Å². The molecule has 1 aliphatic heterocycles. The van der Waals surface area contributed by atoms with Crippen LogP contribution in [0.15, 0.2) is 30.7 Å². The van der Waals surface area contributed by atoms with Crippen molar-refractivity contribution < 1.29 is 9.59 Å². The van der Waals surface area contributed by atoms with Crippen molar-refractivity contribution in [1.82, 2.24) is 30.0 Å². The molecule has 3 heterocycles. The van der Waals surface area contributed by atoms with Crippen LogP contribution >= 0.6 is 0 Å². The molecule has 3 amide bonds. The fraction of sp³-hybridized carbons (Fsp3) is 0.381. The Kier molecular flexibility index (Phi) is 5.81. The molecule has 1 aliphatic rings. The van der Waals surface area contributed by atoms with E-state index in [-0.39, 0.29) is 12.5 Å². The molecular weight excluding hydrogens is 396 g/mol. The van der Waals surface area contributed by atoms with Gasteiger partial charge >= 0.3 is 6.03 Å². The van der Waals surface area contributed by atoms with Crippen LogP contribution in [0.5, 0.6) is 0 Å². The van der Waals surface area contributed by atoms with Gasteiger partial charge in [-0.3, -0.25) is 19.7 Å². The Hall–Kier alpha value is -3.53. The first-order valence-electron chi connectivity index (χ1n) is 10.2. The van der Waals surface area contributed by atoms with Gasteiger partial charge in [0.2, 0.25) is 5.91 Å². The number of urea groups is 1. The summed E-state index contributed by atoms with van der Waals surface area (Å²) in [4.78, 5) is 37.3. The van der Waals surface area contributed by atoms with Gasteiger partial charge in [-0.1, -0.05) is 6.07 Å². The fourth-order valence-corrected chi connectivity index (χ4v) is 3.67. The maximum Gasteiger partial charge on any atom is 0.325 e.